The summed E-state index contributed by atoms with van der Waals surface area (Å²) in [6, 6.07) is 5.69. The van der Waals surface area contributed by atoms with Gasteiger partial charge in [-0.05, 0) is 43.5 Å². The molecular formula is C22H26FN5O2. The van der Waals surface area contributed by atoms with Crippen molar-refractivity contribution in [3.8, 4) is 11.6 Å². The molecule has 2 aromatic rings. The molecule has 1 N–H and O–H groups in total. The van der Waals surface area contributed by atoms with E-state index in [1.54, 1.807) is 23.1 Å². The number of fused-ring (bicyclic) bond motifs is 1. The van der Waals surface area contributed by atoms with Crippen LogP contribution < -0.4 is 15.0 Å². The number of halogens is 1. The molecule has 2 aliphatic heterocycles. The summed E-state index contributed by atoms with van der Waals surface area (Å²) < 4.78 is 19.4. The molecule has 0 aliphatic carbocycles. The molecule has 0 bridgehead atoms. The Morgan fingerprint density at radius 3 is 2.67 bits per heavy atom. The van der Waals surface area contributed by atoms with Crippen LogP contribution in [0, 0.1) is 5.82 Å². The molecule has 30 heavy (non-hydrogen) atoms. The van der Waals surface area contributed by atoms with Gasteiger partial charge < -0.3 is 19.9 Å². The van der Waals surface area contributed by atoms with E-state index in [0.717, 1.165) is 37.2 Å². The maximum Gasteiger partial charge on any atom is 0.317 e. The lowest BCUT2D eigenvalue weighted by Crippen LogP contribution is -2.43. The molecule has 7 nitrogen and oxygen atoms in total. The third-order valence-electron chi connectivity index (χ3n) is 5.36. The average Bonchev–Trinajstić information content (AvgIpc) is 2.79. The minimum Gasteiger partial charge on any atom is -0.438 e. The van der Waals surface area contributed by atoms with Gasteiger partial charge in [0.1, 0.15) is 11.6 Å². The molecule has 0 radical (unpaired) electrons. The normalized spacial score (nSPS) is 16.0. The fraction of sp³-hybridized carbons (Fsp3) is 0.409. The molecular weight excluding hydrogens is 385 g/mol. The van der Waals surface area contributed by atoms with E-state index in [0.29, 0.717) is 43.6 Å². The van der Waals surface area contributed by atoms with Gasteiger partial charge in [0.2, 0.25) is 11.8 Å². The number of hydrogen-bond donors (Lipinski definition) is 1. The number of amides is 2. The van der Waals surface area contributed by atoms with E-state index in [2.05, 4.69) is 16.8 Å². The van der Waals surface area contributed by atoms with Gasteiger partial charge in [-0.1, -0.05) is 6.08 Å². The fourth-order valence-electron chi connectivity index (χ4n) is 3.75. The minimum absolute atomic E-state index is 0.159. The number of aromatic nitrogens is 2. The van der Waals surface area contributed by atoms with Gasteiger partial charge in [-0.15, -0.1) is 6.58 Å². The van der Waals surface area contributed by atoms with Crippen LogP contribution in [-0.4, -0.2) is 47.1 Å². The van der Waals surface area contributed by atoms with Gasteiger partial charge in [0.05, 0.1) is 17.8 Å². The molecule has 0 atom stereocenters. The van der Waals surface area contributed by atoms with Gasteiger partial charge in [-0.2, -0.15) is 4.98 Å². The monoisotopic (exact) mass is 411 g/mol. The Kier molecular flexibility index (Phi) is 6.11. The molecule has 4 rings (SSSR count). The lowest BCUT2D eigenvalue weighted by Gasteiger charge is -2.31. The Morgan fingerprint density at radius 1 is 1.17 bits per heavy atom. The van der Waals surface area contributed by atoms with Gasteiger partial charge in [0.15, 0.2) is 0 Å². The number of hydrogen-bond acceptors (Lipinski definition) is 5. The second-order valence-corrected chi connectivity index (χ2v) is 7.50. The predicted molar refractivity (Wildman–Crippen MR) is 112 cm³/mol. The first kappa shape index (κ1) is 20.1. The molecule has 1 saturated heterocycles. The van der Waals surface area contributed by atoms with Gasteiger partial charge in [-0.3, -0.25) is 0 Å². The van der Waals surface area contributed by atoms with E-state index in [1.807, 2.05) is 0 Å². The first-order valence-corrected chi connectivity index (χ1v) is 10.4. The van der Waals surface area contributed by atoms with Crippen LogP contribution in [0.3, 0.4) is 0 Å². The standard InChI is InChI=1S/C22H26FN5O2/c1-2-11-24-22(29)28-14-10-19-18(15-28)20(30-17-8-6-16(23)7-9-17)26-21(25-19)27-12-4-3-5-13-27/h2,6-9H,1,3-5,10-15H2,(H,24,29). The number of benzene rings is 1. The lowest BCUT2D eigenvalue weighted by atomic mass is 10.1. The van der Waals surface area contributed by atoms with Crippen LogP contribution in [0.15, 0.2) is 36.9 Å². The largest absolute Gasteiger partial charge is 0.438 e. The number of carbonyl (C=O) groups is 1. The fourth-order valence-corrected chi connectivity index (χ4v) is 3.75. The first-order chi connectivity index (χ1) is 14.6. The van der Waals surface area contributed by atoms with Gasteiger partial charge >= 0.3 is 6.03 Å². The zero-order valence-corrected chi connectivity index (χ0v) is 16.9. The van der Waals surface area contributed by atoms with Gasteiger partial charge in [0.25, 0.3) is 0 Å². The molecule has 158 valence electrons. The van der Waals surface area contributed by atoms with E-state index in [1.165, 1.54) is 18.6 Å². The number of anilines is 1. The number of carbonyl (C=O) groups excluding carboxylic acids is 1. The minimum atomic E-state index is -0.328. The van der Waals surface area contributed by atoms with Crippen LogP contribution in [0.5, 0.6) is 11.6 Å². The highest BCUT2D eigenvalue weighted by molar-refractivity contribution is 5.74. The van der Waals surface area contributed by atoms with E-state index in [4.69, 9.17) is 14.7 Å². The molecule has 2 aliphatic rings. The zero-order chi connectivity index (χ0) is 20.9. The molecule has 2 amide bonds. The van der Waals surface area contributed by atoms with Crippen molar-refractivity contribution in [1.29, 1.82) is 0 Å². The summed E-state index contributed by atoms with van der Waals surface area (Å²) in [7, 11) is 0. The van der Waals surface area contributed by atoms with Crippen molar-refractivity contribution in [3.63, 3.8) is 0 Å². The van der Waals surface area contributed by atoms with Gasteiger partial charge in [0, 0.05) is 32.6 Å². The molecule has 3 heterocycles. The summed E-state index contributed by atoms with van der Waals surface area (Å²) >= 11 is 0. The summed E-state index contributed by atoms with van der Waals surface area (Å²) in [6.07, 6.45) is 5.72. The molecule has 0 saturated carbocycles. The molecule has 1 aromatic heterocycles. The molecule has 1 aromatic carbocycles. The van der Waals surface area contributed by atoms with Crippen molar-refractivity contribution in [2.45, 2.75) is 32.2 Å². The quantitative estimate of drug-likeness (QED) is 0.761. The average molecular weight is 411 g/mol. The molecule has 0 spiro atoms. The van der Waals surface area contributed by atoms with Crippen LogP contribution >= 0.6 is 0 Å². The highest BCUT2D eigenvalue weighted by Gasteiger charge is 2.28. The highest BCUT2D eigenvalue weighted by atomic mass is 19.1. The molecule has 0 unspecified atom stereocenters. The van der Waals surface area contributed by atoms with Crippen molar-refractivity contribution >= 4 is 12.0 Å². The second kappa shape index (κ2) is 9.11. The Labute approximate surface area is 175 Å². The number of piperidine rings is 1. The van der Waals surface area contributed by atoms with Crippen LogP contribution in [0.2, 0.25) is 0 Å². The maximum absolute atomic E-state index is 13.3. The first-order valence-electron chi connectivity index (χ1n) is 10.4. The third-order valence-corrected chi connectivity index (χ3v) is 5.36. The van der Waals surface area contributed by atoms with Crippen LogP contribution in [0.4, 0.5) is 15.1 Å². The van der Waals surface area contributed by atoms with Crippen LogP contribution in [-0.2, 0) is 13.0 Å². The predicted octanol–water partition coefficient (Wildman–Crippen LogP) is 3.65. The Morgan fingerprint density at radius 2 is 1.93 bits per heavy atom. The Hall–Kier alpha value is -3.16. The SMILES string of the molecule is C=CCNC(=O)N1CCc2nc(N3CCCCC3)nc(Oc3ccc(F)cc3)c2C1. The lowest BCUT2D eigenvalue weighted by molar-refractivity contribution is 0.192. The summed E-state index contributed by atoms with van der Waals surface area (Å²) in [5.41, 5.74) is 1.69. The van der Waals surface area contributed by atoms with Crippen LogP contribution in [0.1, 0.15) is 30.5 Å². The maximum atomic E-state index is 13.3. The Balaban J connectivity index is 1.65. The van der Waals surface area contributed by atoms with Crippen molar-refractivity contribution < 1.29 is 13.9 Å². The third kappa shape index (κ3) is 4.53. The van der Waals surface area contributed by atoms with Crippen molar-refractivity contribution in [3.05, 3.63) is 54.0 Å². The Bertz CT molecular complexity index is 912. The summed E-state index contributed by atoms with van der Waals surface area (Å²) in [5, 5.41) is 2.81. The van der Waals surface area contributed by atoms with E-state index in [-0.39, 0.29) is 11.8 Å². The number of rotatable bonds is 5. The van der Waals surface area contributed by atoms with E-state index >= 15 is 0 Å². The number of nitrogens with zero attached hydrogens (tertiary/aromatic N) is 4. The zero-order valence-electron chi connectivity index (χ0n) is 16.9. The summed E-state index contributed by atoms with van der Waals surface area (Å²) in [4.78, 5) is 25.8. The van der Waals surface area contributed by atoms with Crippen LogP contribution in [0.25, 0.3) is 0 Å². The van der Waals surface area contributed by atoms with Crippen molar-refractivity contribution in [2.24, 2.45) is 0 Å². The van der Waals surface area contributed by atoms with Crippen molar-refractivity contribution in [2.75, 3.05) is 31.1 Å². The van der Waals surface area contributed by atoms with Gasteiger partial charge in [-0.25, -0.2) is 14.2 Å². The molecule has 1 fully saturated rings. The highest BCUT2D eigenvalue weighted by Crippen LogP contribution is 2.32. The van der Waals surface area contributed by atoms with Crippen molar-refractivity contribution in [1.82, 2.24) is 20.2 Å². The second-order valence-electron chi connectivity index (χ2n) is 7.50. The summed E-state index contributed by atoms with van der Waals surface area (Å²) in [5.74, 6) is 1.25. The number of urea groups is 1. The van der Waals surface area contributed by atoms with E-state index in [9.17, 15) is 9.18 Å². The topological polar surface area (TPSA) is 70.6 Å². The smallest absolute Gasteiger partial charge is 0.317 e. The number of nitrogens with one attached hydrogen (secondary N) is 1. The molecule has 8 heteroatoms. The van der Waals surface area contributed by atoms with E-state index < -0.39 is 0 Å². The number of ether oxygens (including phenoxy) is 1. The summed E-state index contributed by atoms with van der Waals surface area (Å²) in [6.45, 7) is 6.81.